The van der Waals surface area contributed by atoms with Gasteiger partial charge in [-0.15, -0.1) is 0 Å². The summed E-state index contributed by atoms with van der Waals surface area (Å²) in [7, 11) is 0. The summed E-state index contributed by atoms with van der Waals surface area (Å²) >= 11 is 0. The van der Waals surface area contributed by atoms with Gasteiger partial charge in [0.2, 0.25) is 0 Å². The highest BCUT2D eigenvalue weighted by atomic mass is 16.6. The third kappa shape index (κ3) is 3.50. The highest BCUT2D eigenvalue weighted by molar-refractivity contribution is 6.05. The summed E-state index contributed by atoms with van der Waals surface area (Å²) in [5.41, 5.74) is 0.139. The highest BCUT2D eigenvalue weighted by Crippen LogP contribution is 2.31. The van der Waals surface area contributed by atoms with Gasteiger partial charge in [0.25, 0.3) is 5.91 Å². The number of benzene rings is 2. The molecule has 1 N–H and O–H groups in total. The van der Waals surface area contributed by atoms with E-state index in [9.17, 15) is 9.59 Å². The molecular formula is C22H17N3O5. The van der Waals surface area contributed by atoms with Gasteiger partial charge >= 0.3 is 5.63 Å². The Morgan fingerprint density at radius 3 is 2.83 bits per heavy atom. The quantitative estimate of drug-likeness (QED) is 0.526. The van der Waals surface area contributed by atoms with Crippen LogP contribution in [-0.4, -0.2) is 28.4 Å². The van der Waals surface area contributed by atoms with Gasteiger partial charge in [0.05, 0.1) is 18.4 Å². The molecule has 150 valence electrons. The van der Waals surface area contributed by atoms with Gasteiger partial charge in [0.15, 0.2) is 17.6 Å². The lowest BCUT2D eigenvalue weighted by Crippen LogP contribution is -2.33. The van der Waals surface area contributed by atoms with Crippen molar-refractivity contribution in [3.63, 3.8) is 0 Å². The zero-order chi connectivity index (χ0) is 20.5. The zero-order valence-corrected chi connectivity index (χ0v) is 15.8. The van der Waals surface area contributed by atoms with Crippen molar-refractivity contribution in [3.05, 3.63) is 83.0 Å². The van der Waals surface area contributed by atoms with E-state index in [1.54, 1.807) is 29.1 Å². The summed E-state index contributed by atoms with van der Waals surface area (Å²) in [5.74, 6) is 0.856. The van der Waals surface area contributed by atoms with Crippen LogP contribution in [0.25, 0.3) is 11.0 Å². The summed E-state index contributed by atoms with van der Waals surface area (Å²) in [6.07, 6.45) is 2.97. The molecule has 0 saturated heterocycles. The van der Waals surface area contributed by atoms with Gasteiger partial charge in [-0.25, -0.2) is 4.79 Å². The molecule has 0 spiro atoms. The monoisotopic (exact) mass is 403 g/mol. The highest BCUT2D eigenvalue weighted by Gasteiger charge is 2.21. The van der Waals surface area contributed by atoms with E-state index in [2.05, 4.69) is 10.4 Å². The number of rotatable bonds is 4. The Morgan fingerprint density at radius 2 is 1.93 bits per heavy atom. The van der Waals surface area contributed by atoms with E-state index in [1.807, 2.05) is 30.3 Å². The van der Waals surface area contributed by atoms with Crippen LogP contribution in [0.5, 0.6) is 11.5 Å². The van der Waals surface area contributed by atoms with Gasteiger partial charge in [-0.05, 0) is 24.3 Å². The first kappa shape index (κ1) is 18.0. The maximum absolute atomic E-state index is 12.6. The Hall–Kier alpha value is -4.07. The second kappa shape index (κ2) is 7.40. The molecule has 2 aromatic carbocycles. The molecule has 8 nitrogen and oxygen atoms in total. The largest absolute Gasteiger partial charge is 0.486 e. The smallest absolute Gasteiger partial charge is 0.349 e. The van der Waals surface area contributed by atoms with Crippen molar-refractivity contribution in [1.82, 2.24) is 9.78 Å². The van der Waals surface area contributed by atoms with Crippen molar-refractivity contribution in [1.29, 1.82) is 0 Å². The topological polar surface area (TPSA) is 95.6 Å². The molecule has 1 amide bonds. The molecule has 0 aliphatic carbocycles. The number of carbonyl (C=O) groups is 1. The van der Waals surface area contributed by atoms with E-state index >= 15 is 0 Å². The molecule has 1 unspecified atom stereocenters. The predicted octanol–water partition coefficient (Wildman–Crippen LogP) is 3.08. The SMILES string of the molecule is O=C(Nc1cnn(CC2COc3ccccc3O2)c1)c1cc2ccccc2oc1=O. The Bertz CT molecular complexity index is 1290. The molecule has 5 rings (SSSR count). The van der Waals surface area contributed by atoms with Gasteiger partial charge in [-0.3, -0.25) is 9.48 Å². The fourth-order valence-electron chi connectivity index (χ4n) is 3.31. The molecule has 3 heterocycles. The Kier molecular flexibility index (Phi) is 4.44. The van der Waals surface area contributed by atoms with Crippen molar-refractivity contribution in [2.45, 2.75) is 12.6 Å². The number of aromatic nitrogens is 2. The average Bonchev–Trinajstić information content (AvgIpc) is 3.19. The van der Waals surface area contributed by atoms with E-state index in [1.165, 1.54) is 12.3 Å². The third-order valence-corrected chi connectivity index (χ3v) is 4.74. The summed E-state index contributed by atoms with van der Waals surface area (Å²) < 4.78 is 18.5. The number of anilines is 1. The standard InChI is InChI=1S/C22H17N3O5/c26-21(17-9-14-5-1-2-6-18(14)30-22(17)27)24-15-10-23-25(11-15)12-16-13-28-19-7-3-4-8-20(19)29-16/h1-11,16H,12-13H2,(H,24,26). The van der Waals surface area contributed by atoms with Crippen LogP contribution < -0.4 is 20.4 Å². The number of hydrogen-bond acceptors (Lipinski definition) is 6. The normalized spacial score (nSPS) is 15.1. The molecular weight excluding hydrogens is 386 g/mol. The molecule has 0 saturated carbocycles. The van der Waals surface area contributed by atoms with Crippen LogP contribution in [0.3, 0.4) is 0 Å². The summed E-state index contributed by atoms with van der Waals surface area (Å²) in [6, 6.07) is 16.0. The maximum Gasteiger partial charge on any atom is 0.349 e. The number of fused-ring (bicyclic) bond motifs is 2. The lowest BCUT2D eigenvalue weighted by Gasteiger charge is -2.26. The number of ether oxygens (including phenoxy) is 2. The number of amides is 1. The first-order chi connectivity index (χ1) is 14.7. The molecule has 8 heteroatoms. The fourth-order valence-corrected chi connectivity index (χ4v) is 3.31. The van der Waals surface area contributed by atoms with Crippen LogP contribution >= 0.6 is 0 Å². The van der Waals surface area contributed by atoms with Crippen molar-refractivity contribution in [2.24, 2.45) is 0 Å². The second-order valence-electron chi connectivity index (χ2n) is 6.89. The lowest BCUT2D eigenvalue weighted by atomic mass is 10.2. The van der Waals surface area contributed by atoms with Crippen LogP contribution in [0.2, 0.25) is 0 Å². The van der Waals surface area contributed by atoms with Crippen LogP contribution in [0.15, 0.2) is 76.2 Å². The van der Waals surface area contributed by atoms with Gasteiger partial charge in [-0.2, -0.15) is 5.10 Å². The molecule has 4 aromatic rings. The minimum Gasteiger partial charge on any atom is -0.486 e. The third-order valence-electron chi connectivity index (χ3n) is 4.74. The van der Waals surface area contributed by atoms with Crippen LogP contribution in [0.1, 0.15) is 10.4 Å². The first-order valence-electron chi connectivity index (χ1n) is 9.41. The van der Waals surface area contributed by atoms with Gasteiger partial charge in [0.1, 0.15) is 17.8 Å². The Balaban J connectivity index is 1.28. The lowest BCUT2D eigenvalue weighted by molar-refractivity contribution is 0.0759. The van der Waals surface area contributed by atoms with Crippen molar-refractivity contribution >= 4 is 22.6 Å². The van der Waals surface area contributed by atoms with Gasteiger partial charge in [-0.1, -0.05) is 30.3 Å². The molecule has 2 aromatic heterocycles. The van der Waals surface area contributed by atoms with Crippen LogP contribution in [0, 0.1) is 0 Å². The predicted molar refractivity (Wildman–Crippen MR) is 109 cm³/mol. The average molecular weight is 403 g/mol. The number of hydrogen-bond donors (Lipinski definition) is 1. The summed E-state index contributed by atoms with van der Waals surface area (Å²) in [5, 5.41) is 7.61. The molecule has 0 fully saturated rings. The molecule has 30 heavy (non-hydrogen) atoms. The van der Waals surface area contributed by atoms with Crippen LogP contribution in [0.4, 0.5) is 5.69 Å². The second-order valence-corrected chi connectivity index (χ2v) is 6.89. The van der Waals surface area contributed by atoms with E-state index < -0.39 is 11.5 Å². The molecule has 1 aliphatic rings. The first-order valence-corrected chi connectivity index (χ1v) is 9.41. The molecule has 0 radical (unpaired) electrons. The van der Waals surface area contributed by atoms with Crippen molar-refractivity contribution in [2.75, 3.05) is 11.9 Å². The Labute approximate surface area is 170 Å². The van der Waals surface area contributed by atoms with Gasteiger partial charge in [0, 0.05) is 11.6 Å². The zero-order valence-electron chi connectivity index (χ0n) is 15.8. The molecule has 1 atom stereocenters. The number of nitrogens with one attached hydrogen (secondary N) is 1. The number of nitrogens with zero attached hydrogens (tertiary/aromatic N) is 2. The van der Waals surface area contributed by atoms with E-state index in [4.69, 9.17) is 13.9 Å². The van der Waals surface area contributed by atoms with Crippen molar-refractivity contribution < 1.29 is 18.7 Å². The van der Waals surface area contributed by atoms with Gasteiger partial charge < -0.3 is 19.2 Å². The Morgan fingerprint density at radius 1 is 1.13 bits per heavy atom. The van der Waals surface area contributed by atoms with Crippen molar-refractivity contribution in [3.8, 4) is 11.5 Å². The van der Waals surface area contributed by atoms with E-state index in [0.29, 0.717) is 35.6 Å². The number of carbonyl (C=O) groups excluding carboxylic acids is 1. The van der Waals surface area contributed by atoms with Crippen LogP contribution in [-0.2, 0) is 6.54 Å². The minimum atomic E-state index is -0.690. The summed E-state index contributed by atoms with van der Waals surface area (Å²) in [6.45, 7) is 0.846. The van der Waals surface area contributed by atoms with E-state index in [-0.39, 0.29) is 11.7 Å². The fraction of sp³-hybridized carbons (Fsp3) is 0.136. The molecule has 0 bridgehead atoms. The van der Waals surface area contributed by atoms with E-state index in [0.717, 1.165) is 5.75 Å². The minimum absolute atomic E-state index is 0.0675. The maximum atomic E-state index is 12.6. The molecule has 1 aliphatic heterocycles. The summed E-state index contributed by atoms with van der Waals surface area (Å²) in [4.78, 5) is 24.7. The number of para-hydroxylation sites is 3.